The van der Waals surface area contributed by atoms with Crippen LogP contribution in [-0.2, 0) is 11.8 Å². The molecule has 0 aromatic heterocycles. The molecule has 124 valence electrons. The van der Waals surface area contributed by atoms with Gasteiger partial charge in [0.15, 0.2) is 0 Å². The fraction of sp³-hybridized carbons (Fsp3) is 0.368. The SMILES string of the molecule is ClCc1ccc(OCCCCCOc2ccc(CCl)cc2)cc1. The third-order valence-corrected chi connectivity index (χ3v) is 4.10. The molecule has 0 radical (unpaired) electrons. The van der Waals surface area contributed by atoms with E-state index in [-0.39, 0.29) is 0 Å². The van der Waals surface area contributed by atoms with Crippen LogP contribution in [0.2, 0.25) is 0 Å². The monoisotopic (exact) mass is 352 g/mol. The van der Waals surface area contributed by atoms with E-state index in [0.29, 0.717) is 11.8 Å². The Bertz CT molecular complexity index is 501. The molecule has 0 saturated carbocycles. The van der Waals surface area contributed by atoms with Crippen LogP contribution in [0.1, 0.15) is 30.4 Å². The van der Waals surface area contributed by atoms with Crippen LogP contribution in [0.3, 0.4) is 0 Å². The van der Waals surface area contributed by atoms with E-state index >= 15 is 0 Å². The molecule has 0 N–H and O–H groups in total. The van der Waals surface area contributed by atoms with Gasteiger partial charge in [-0.3, -0.25) is 0 Å². The Hall–Kier alpha value is -1.38. The molecule has 0 aliphatic rings. The highest BCUT2D eigenvalue weighted by atomic mass is 35.5. The highest BCUT2D eigenvalue weighted by Crippen LogP contribution is 2.15. The second kappa shape index (κ2) is 10.4. The van der Waals surface area contributed by atoms with Crippen molar-refractivity contribution in [3.8, 4) is 11.5 Å². The van der Waals surface area contributed by atoms with Gasteiger partial charge in [-0.15, -0.1) is 23.2 Å². The van der Waals surface area contributed by atoms with E-state index in [4.69, 9.17) is 32.7 Å². The Morgan fingerprint density at radius 2 is 0.957 bits per heavy atom. The highest BCUT2D eigenvalue weighted by molar-refractivity contribution is 6.17. The van der Waals surface area contributed by atoms with E-state index in [0.717, 1.165) is 55.1 Å². The van der Waals surface area contributed by atoms with E-state index in [2.05, 4.69) is 0 Å². The van der Waals surface area contributed by atoms with Crippen molar-refractivity contribution in [3.63, 3.8) is 0 Å². The molecular formula is C19H22Cl2O2. The van der Waals surface area contributed by atoms with Crippen molar-refractivity contribution in [2.24, 2.45) is 0 Å². The van der Waals surface area contributed by atoms with Gasteiger partial charge < -0.3 is 9.47 Å². The summed E-state index contributed by atoms with van der Waals surface area (Å²) in [5.74, 6) is 2.87. The zero-order valence-corrected chi connectivity index (χ0v) is 14.7. The van der Waals surface area contributed by atoms with Crippen LogP contribution in [0.5, 0.6) is 11.5 Å². The first-order valence-corrected chi connectivity index (χ1v) is 8.94. The molecule has 0 aliphatic carbocycles. The molecule has 2 rings (SSSR count). The lowest BCUT2D eigenvalue weighted by atomic mass is 10.2. The summed E-state index contributed by atoms with van der Waals surface area (Å²) < 4.78 is 11.4. The summed E-state index contributed by atoms with van der Waals surface area (Å²) in [5.41, 5.74) is 2.21. The molecule has 0 unspecified atom stereocenters. The van der Waals surface area contributed by atoms with Crippen LogP contribution in [0.4, 0.5) is 0 Å². The van der Waals surface area contributed by atoms with Crippen LogP contribution in [0.15, 0.2) is 48.5 Å². The largest absolute Gasteiger partial charge is 0.494 e. The van der Waals surface area contributed by atoms with Gasteiger partial charge in [-0.1, -0.05) is 24.3 Å². The standard InChI is InChI=1S/C19H22Cl2O2/c20-14-16-4-8-18(9-5-16)22-12-2-1-3-13-23-19-10-6-17(15-21)7-11-19/h4-11H,1-3,12-15H2. The maximum atomic E-state index is 5.76. The summed E-state index contributed by atoms with van der Waals surface area (Å²) in [4.78, 5) is 0. The molecule has 0 heterocycles. The molecule has 0 saturated heterocycles. The van der Waals surface area contributed by atoms with Gasteiger partial charge in [-0.05, 0) is 54.7 Å². The number of hydrogen-bond donors (Lipinski definition) is 0. The van der Waals surface area contributed by atoms with Gasteiger partial charge in [-0.2, -0.15) is 0 Å². The number of rotatable bonds is 10. The van der Waals surface area contributed by atoms with E-state index in [1.807, 2.05) is 48.5 Å². The van der Waals surface area contributed by atoms with E-state index in [9.17, 15) is 0 Å². The molecule has 0 aliphatic heterocycles. The van der Waals surface area contributed by atoms with Crippen molar-refractivity contribution in [1.82, 2.24) is 0 Å². The Labute approximate surface area is 148 Å². The van der Waals surface area contributed by atoms with Gasteiger partial charge in [0.05, 0.1) is 13.2 Å². The third-order valence-electron chi connectivity index (χ3n) is 3.48. The van der Waals surface area contributed by atoms with Gasteiger partial charge in [-0.25, -0.2) is 0 Å². The maximum absolute atomic E-state index is 5.76. The molecule has 0 atom stereocenters. The number of hydrogen-bond acceptors (Lipinski definition) is 2. The molecular weight excluding hydrogens is 331 g/mol. The number of unbranched alkanes of at least 4 members (excludes halogenated alkanes) is 2. The predicted molar refractivity (Wildman–Crippen MR) is 96.8 cm³/mol. The molecule has 2 aromatic carbocycles. The van der Waals surface area contributed by atoms with Gasteiger partial charge in [0, 0.05) is 11.8 Å². The minimum absolute atomic E-state index is 0.537. The lowest BCUT2D eigenvalue weighted by Crippen LogP contribution is -2.01. The first kappa shape index (κ1) is 18.0. The minimum Gasteiger partial charge on any atom is -0.494 e. The highest BCUT2D eigenvalue weighted by Gasteiger charge is 1.97. The molecule has 0 bridgehead atoms. The fourth-order valence-electron chi connectivity index (χ4n) is 2.11. The Kier molecular flexibility index (Phi) is 8.13. The average molecular weight is 353 g/mol. The summed E-state index contributed by atoms with van der Waals surface area (Å²) in [6.07, 6.45) is 3.12. The smallest absolute Gasteiger partial charge is 0.119 e. The first-order chi connectivity index (χ1) is 11.3. The second-order valence-electron chi connectivity index (χ2n) is 5.31. The minimum atomic E-state index is 0.537. The van der Waals surface area contributed by atoms with Crippen LogP contribution < -0.4 is 9.47 Å². The van der Waals surface area contributed by atoms with Gasteiger partial charge in [0.25, 0.3) is 0 Å². The van der Waals surface area contributed by atoms with Crippen molar-refractivity contribution in [1.29, 1.82) is 0 Å². The lowest BCUT2D eigenvalue weighted by molar-refractivity contribution is 0.279. The van der Waals surface area contributed by atoms with E-state index < -0.39 is 0 Å². The molecule has 0 spiro atoms. The quantitative estimate of drug-likeness (QED) is 0.397. The summed E-state index contributed by atoms with van der Waals surface area (Å²) >= 11 is 11.5. The molecule has 4 heteroatoms. The van der Waals surface area contributed by atoms with E-state index in [1.54, 1.807) is 0 Å². The summed E-state index contributed by atoms with van der Waals surface area (Å²) in [6, 6.07) is 15.8. The van der Waals surface area contributed by atoms with Crippen molar-refractivity contribution in [3.05, 3.63) is 59.7 Å². The Morgan fingerprint density at radius 1 is 0.565 bits per heavy atom. The van der Waals surface area contributed by atoms with E-state index in [1.165, 1.54) is 0 Å². The fourth-order valence-corrected chi connectivity index (χ4v) is 2.47. The summed E-state index contributed by atoms with van der Waals surface area (Å²) in [6.45, 7) is 1.45. The third kappa shape index (κ3) is 6.72. The van der Waals surface area contributed by atoms with Crippen molar-refractivity contribution < 1.29 is 9.47 Å². The second-order valence-corrected chi connectivity index (χ2v) is 5.85. The van der Waals surface area contributed by atoms with Crippen molar-refractivity contribution >= 4 is 23.2 Å². The van der Waals surface area contributed by atoms with Crippen LogP contribution in [-0.4, -0.2) is 13.2 Å². The lowest BCUT2D eigenvalue weighted by Gasteiger charge is -2.08. The molecule has 0 fully saturated rings. The van der Waals surface area contributed by atoms with Crippen LogP contribution >= 0.6 is 23.2 Å². The number of alkyl halides is 2. The number of halogens is 2. The Morgan fingerprint density at radius 3 is 1.30 bits per heavy atom. The van der Waals surface area contributed by atoms with Crippen LogP contribution in [0, 0.1) is 0 Å². The zero-order chi connectivity index (χ0) is 16.3. The van der Waals surface area contributed by atoms with Gasteiger partial charge >= 0.3 is 0 Å². The molecule has 2 aromatic rings. The van der Waals surface area contributed by atoms with Crippen molar-refractivity contribution in [2.75, 3.05) is 13.2 Å². The summed E-state index contributed by atoms with van der Waals surface area (Å²) in [5, 5.41) is 0. The normalized spacial score (nSPS) is 10.5. The number of benzene rings is 2. The Balaban J connectivity index is 1.53. The first-order valence-electron chi connectivity index (χ1n) is 7.87. The molecule has 2 nitrogen and oxygen atoms in total. The zero-order valence-electron chi connectivity index (χ0n) is 13.1. The topological polar surface area (TPSA) is 18.5 Å². The maximum Gasteiger partial charge on any atom is 0.119 e. The average Bonchev–Trinajstić information content (AvgIpc) is 2.62. The van der Waals surface area contributed by atoms with Crippen LogP contribution in [0.25, 0.3) is 0 Å². The van der Waals surface area contributed by atoms with Crippen molar-refractivity contribution in [2.45, 2.75) is 31.0 Å². The molecule has 0 amide bonds. The van der Waals surface area contributed by atoms with Gasteiger partial charge in [0.2, 0.25) is 0 Å². The number of ether oxygens (including phenoxy) is 2. The van der Waals surface area contributed by atoms with Gasteiger partial charge in [0.1, 0.15) is 11.5 Å². The molecule has 23 heavy (non-hydrogen) atoms. The summed E-state index contributed by atoms with van der Waals surface area (Å²) in [7, 11) is 0. The predicted octanol–water partition coefficient (Wildman–Crippen LogP) is 5.79.